The van der Waals surface area contributed by atoms with Gasteiger partial charge in [0, 0.05) is 5.92 Å². The molecule has 0 aliphatic heterocycles. The van der Waals surface area contributed by atoms with E-state index in [0.717, 1.165) is 12.2 Å². The lowest BCUT2D eigenvalue weighted by molar-refractivity contribution is 0.414. The molecule has 1 atom stereocenters. The summed E-state index contributed by atoms with van der Waals surface area (Å²) in [5.41, 5.74) is 11.1. The Kier molecular flexibility index (Phi) is 4.80. The second kappa shape index (κ2) is 6.58. The van der Waals surface area contributed by atoms with Crippen molar-refractivity contribution in [1.29, 1.82) is 0 Å². The molecule has 0 aliphatic carbocycles. The van der Waals surface area contributed by atoms with Crippen molar-refractivity contribution < 1.29 is 4.74 Å². The van der Waals surface area contributed by atoms with Gasteiger partial charge in [0.25, 0.3) is 0 Å². The fourth-order valence-corrected chi connectivity index (χ4v) is 2.51. The van der Waals surface area contributed by atoms with Gasteiger partial charge in [-0.2, -0.15) is 0 Å². The Morgan fingerprint density at radius 3 is 2.15 bits per heavy atom. The summed E-state index contributed by atoms with van der Waals surface area (Å²) in [5.74, 6) is 1.24. The van der Waals surface area contributed by atoms with Crippen LogP contribution < -0.4 is 10.5 Å². The number of hydrogen-bond donors (Lipinski definition) is 1. The van der Waals surface area contributed by atoms with E-state index in [1.165, 1.54) is 22.3 Å². The van der Waals surface area contributed by atoms with Crippen molar-refractivity contribution in [2.24, 2.45) is 5.73 Å². The Balaban J connectivity index is 2.35. The van der Waals surface area contributed by atoms with Crippen molar-refractivity contribution in [2.75, 3.05) is 13.7 Å². The Labute approximate surface area is 121 Å². The summed E-state index contributed by atoms with van der Waals surface area (Å²) in [6, 6.07) is 15.0. The predicted octanol–water partition coefficient (Wildman–Crippen LogP) is 3.79. The maximum Gasteiger partial charge on any atom is 0.118 e. The van der Waals surface area contributed by atoms with Crippen LogP contribution in [0.5, 0.6) is 5.75 Å². The minimum absolute atomic E-state index is 0.352. The highest BCUT2D eigenvalue weighted by molar-refractivity contribution is 5.39. The van der Waals surface area contributed by atoms with Crippen molar-refractivity contribution >= 4 is 0 Å². The molecule has 0 saturated carbocycles. The van der Waals surface area contributed by atoms with Gasteiger partial charge in [-0.3, -0.25) is 0 Å². The van der Waals surface area contributed by atoms with E-state index in [2.05, 4.69) is 44.2 Å². The molecule has 2 aromatic carbocycles. The molecule has 2 rings (SSSR count). The Morgan fingerprint density at radius 1 is 0.950 bits per heavy atom. The van der Waals surface area contributed by atoms with Gasteiger partial charge in [0.2, 0.25) is 0 Å². The maximum atomic E-state index is 5.80. The fourth-order valence-electron chi connectivity index (χ4n) is 2.51. The summed E-state index contributed by atoms with van der Waals surface area (Å²) in [6.07, 6.45) is 0.953. The van der Waals surface area contributed by atoms with Gasteiger partial charge in [0.15, 0.2) is 0 Å². The highest BCUT2D eigenvalue weighted by Crippen LogP contribution is 2.30. The molecule has 0 amide bonds. The molecule has 2 heteroatoms. The van der Waals surface area contributed by atoms with E-state index >= 15 is 0 Å². The predicted molar refractivity (Wildman–Crippen MR) is 84.4 cm³/mol. The smallest absolute Gasteiger partial charge is 0.118 e. The molecule has 106 valence electrons. The molecule has 2 nitrogen and oxygen atoms in total. The minimum Gasteiger partial charge on any atom is -0.497 e. The number of nitrogens with two attached hydrogens (primary N) is 1. The second-order valence-electron chi connectivity index (χ2n) is 5.25. The minimum atomic E-state index is 0.352. The highest BCUT2D eigenvalue weighted by Gasteiger charge is 2.14. The zero-order valence-corrected chi connectivity index (χ0v) is 12.5. The first-order chi connectivity index (χ1) is 9.65. The molecule has 2 N–H and O–H groups in total. The summed E-state index contributed by atoms with van der Waals surface area (Å²) in [5, 5.41) is 0. The van der Waals surface area contributed by atoms with E-state index in [4.69, 9.17) is 10.5 Å². The van der Waals surface area contributed by atoms with E-state index in [-0.39, 0.29) is 0 Å². The van der Waals surface area contributed by atoms with E-state index in [0.29, 0.717) is 12.5 Å². The summed E-state index contributed by atoms with van der Waals surface area (Å²) in [4.78, 5) is 0. The molecule has 0 heterocycles. The van der Waals surface area contributed by atoms with Crippen molar-refractivity contribution in [3.63, 3.8) is 0 Å². The van der Waals surface area contributed by atoms with Crippen molar-refractivity contribution in [2.45, 2.75) is 26.2 Å². The average molecular weight is 269 g/mol. The highest BCUT2D eigenvalue weighted by atomic mass is 16.5. The van der Waals surface area contributed by atoms with E-state index in [1.807, 2.05) is 12.1 Å². The molecule has 20 heavy (non-hydrogen) atoms. The number of hydrogen-bond acceptors (Lipinski definition) is 2. The molecule has 0 bridgehead atoms. The molecule has 0 radical (unpaired) electrons. The zero-order chi connectivity index (χ0) is 14.5. The van der Waals surface area contributed by atoms with Crippen LogP contribution in [0.1, 0.15) is 34.6 Å². The molecule has 0 fully saturated rings. The van der Waals surface area contributed by atoms with E-state index in [9.17, 15) is 0 Å². The van der Waals surface area contributed by atoms with Crippen molar-refractivity contribution in [3.8, 4) is 5.75 Å². The number of aryl methyl sites for hydroxylation is 2. The largest absolute Gasteiger partial charge is 0.497 e. The van der Waals surface area contributed by atoms with E-state index < -0.39 is 0 Å². The first-order valence-electron chi connectivity index (χ1n) is 7.07. The van der Waals surface area contributed by atoms with E-state index in [1.54, 1.807) is 7.11 Å². The summed E-state index contributed by atoms with van der Waals surface area (Å²) < 4.78 is 5.22. The third kappa shape index (κ3) is 3.20. The third-order valence-electron chi connectivity index (χ3n) is 3.91. The van der Waals surface area contributed by atoms with Crippen LogP contribution in [-0.2, 0) is 0 Å². The summed E-state index contributed by atoms with van der Waals surface area (Å²) in [6.45, 7) is 4.99. The maximum absolute atomic E-state index is 5.80. The van der Waals surface area contributed by atoms with Crippen molar-refractivity contribution in [3.05, 3.63) is 64.7 Å². The Bertz CT molecular complexity index is 560. The van der Waals surface area contributed by atoms with Gasteiger partial charge in [0.05, 0.1) is 7.11 Å². The van der Waals surface area contributed by atoms with Gasteiger partial charge in [-0.05, 0) is 61.2 Å². The number of benzene rings is 2. The Hall–Kier alpha value is -1.80. The molecule has 0 spiro atoms. The first-order valence-corrected chi connectivity index (χ1v) is 7.07. The van der Waals surface area contributed by atoms with Crippen LogP contribution in [-0.4, -0.2) is 13.7 Å². The lowest BCUT2D eigenvalue weighted by atomic mass is 9.87. The molecule has 0 aliphatic rings. The quantitative estimate of drug-likeness (QED) is 0.896. The number of ether oxygens (including phenoxy) is 1. The van der Waals surface area contributed by atoms with Crippen LogP contribution in [0.2, 0.25) is 0 Å². The van der Waals surface area contributed by atoms with Crippen LogP contribution in [0.4, 0.5) is 0 Å². The van der Waals surface area contributed by atoms with Gasteiger partial charge >= 0.3 is 0 Å². The van der Waals surface area contributed by atoms with Crippen molar-refractivity contribution in [1.82, 2.24) is 0 Å². The molecule has 0 aromatic heterocycles. The molecule has 1 unspecified atom stereocenters. The van der Waals surface area contributed by atoms with Gasteiger partial charge < -0.3 is 10.5 Å². The summed E-state index contributed by atoms with van der Waals surface area (Å²) in [7, 11) is 1.69. The van der Waals surface area contributed by atoms with Gasteiger partial charge in [-0.25, -0.2) is 0 Å². The Morgan fingerprint density at radius 2 is 1.60 bits per heavy atom. The molecular weight excluding hydrogens is 246 g/mol. The standard InChI is InChI=1S/C18H23NO/c1-13-4-5-16(12-14(13)2)18(10-11-19)15-6-8-17(20-3)9-7-15/h4-9,12,18H,10-11,19H2,1-3H3. The van der Waals surface area contributed by atoms with Crippen LogP contribution >= 0.6 is 0 Å². The van der Waals surface area contributed by atoms with Crippen LogP contribution in [0.25, 0.3) is 0 Å². The van der Waals surface area contributed by atoms with Gasteiger partial charge in [0.1, 0.15) is 5.75 Å². The lowest BCUT2D eigenvalue weighted by Gasteiger charge is -2.19. The number of rotatable bonds is 5. The lowest BCUT2D eigenvalue weighted by Crippen LogP contribution is -2.09. The second-order valence-corrected chi connectivity index (χ2v) is 5.25. The summed E-state index contributed by atoms with van der Waals surface area (Å²) >= 11 is 0. The number of methoxy groups -OCH3 is 1. The SMILES string of the molecule is COc1ccc(C(CCN)c2ccc(C)c(C)c2)cc1. The van der Waals surface area contributed by atoms with Gasteiger partial charge in [-0.15, -0.1) is 0 Å². The molecular formula is C18H23NO. The monoisotopic (exact) mass is 269 g/mol. The molecule has 0 saturated heterocycles. The normalized spacial score (nSPS) is 12.2. The van der Waals surface area contributed by atoms with Crippen LogP contribution in [0.3, 0.4) is 0 Å². The fraction of sp³-hybridized carbons (Fsp3) is 0.333. The van der Waals surface area contributed by atoms with Crippen LogP contribution in [0.15, 0.2) is 42.5 Å². The average Bonchev–Trinajstić information content (AvgIpc) is 2.48. The zero-order valence-electron chi connectivity index (χ0n) is 12.5. The molecule has 2 aromatic rings. The van der Waals surface area contributed by atoms with Crippen LogP contribution in [0, 0.1) is 13.8 Å². The van der Waals surface area contributed by atoms with Gasteiger partial charge in [-0.1, -0.05) is 30.3 Å². The first kappa shape index (κ1) is 14.6. The third-order valence-corrected chi connectivity index (χ3v) is 3.91. The topological polar surface area (TPSA) is 35.2 Å².